The highest BCUT2D eigenvalue weighted by Gasteiger charge is 2.26. The van der Waals surface area contributed by atoms with E-state index in [9.17, 15) is 9.90 Å². The standard InChI is InChI=1S/C14H15BrN2O2/c1-8-2-3-11(15)13-10(8)6-12(16-13)14(19)17-5-4-9(18)7-17/h2-3,6,9,16,18H,4-5,7H2,1H3/t9-/m0/s1. The van der Waals surface area contributed by atoms with Crippen LogP contribution < -0.4 is 0 Å². The van der Waals surface area contributed by atoms with Crippen molar-refractivity contribution in [3.05, 3.63) is 33.9 Å². The van der Waals surface area contributed by atoms with Gasteiger partial charge in [-0.2, -0.15) is 0 Å². The van der Waals surface area contributed by atoms with Crippen molar-refractivity contribution in [2.45, 2.75) is 19.4 Å². The van der Waals surface area contributed by atoms with Crippen molar-refractivity contribution in [2.24, 2.45) is 0 Å². The number of hydrogen-bond donors (Lipinski definition) is 2. The average Bonchev–Trinajstić information content (AvgIpc) is 3.00. The Morgan fingerprint density at radius 1 is 1.53 bits per heavy atom. The summed E-state index contributed by atoms with van der Waals surface area (Å²) in [6, 6.07) is 5.89. The molecule has 0 radical (unpaired) electrons. The van der Waals surface area contributed by atoms with Gasteiger partial charge in [0.15, 0.2) is 0 Å². The summed E-state index contributed by atoms with van der Waals surface area (Å²) >= 11 is 3.49. The fourth-order valence-electron chi connectivity index (χ4n) is 2.54. The van der Waals surface area contributed by atoms with Crippen molar-refractivity contribution in [1.29, 1.82) is 0 Å². The van der Waals surface area contributed by atoms with Crippen molar-refractivity contribution in [1.82, 2.24) is 9.88 Å². The third-order valence-electron chi connectivity index (χ3n) is 3.64. The fourth-order valence-corrected chi connectivity index (χ4v) is 2.98. The van der Waals surface area contributed by atoms with E-state index >= 15 is 0 Å². The molecular formula is C14H15BrN2O2. The predicted octanol–water partition coefficient (Wildman–Crippen LogP) is 2.45. The van der Waals surface area contributed by atoms with Gasteiger partial charge >= 0.3 is 0 Å². The van der Waals surface area contributed by atoms with Crippen LogP contribution in [0.3, 0.4) is 0 Å². The molecule has 0 bridgehead atoms. The molecule has 1 aliphatic rings. The number of nitrogens with zero attached hydrogens (tertiary/aromatic N) is 1. The maximum Gasteiger partial charge on any atom is 0.270 e. The molecule has 0 aliphatic carbocycles. The van der Waals surface area contributed by atoms with Crippen molar-refractivity contribution in [3.63, 3.8) is 0 Å². The highest BCUT2D eigenvalue weighted by molar-refractivity contribution is 9.10. The lowest BCUT2D eigenvalue weighted by Crippen LogP contribution is -2.29. The second-order valence-corrected chi connectivity index (χ2v) is 5.88. The third-order valence-corrected chi connectivity index (χ3v) is 4.30. The van der Waals surface area contributed by atoms with Gasteiger partial charge in [-0.1, -0.05) is 6.07 Å². The summed E-state index contributed by atoms with van der Waals surface area (Å²) in [7, 11) is 0. The molecule has 5 heteroatoms. The van der Waals surface area contributed by atoms with Gasteiger partial charge in [-0.15, -0.1) is 0 Å². The Hall–Kier alpha value is -1.33. The topological polar surface area (TPSA) is 56.3 Å². The Morgan fingerprint density at radius 2 is 2.32 bits per heavy atom. The quantitative estimate of drug-likeness (QED) is 0.847. The number of aromatic nitrogens is 1. The monoisotopic (exact) mass is 322 g/mol. The second kappa shape index (κ2) is 4.65. The number of benzene rings is 1. The van der Waals surface area contributed by atoms with Crippen LogP contribution in [-0.2, 0) is 0 Å². The van der Waals surface area contributed by atoms with Gasteiger partial charge in [-0.05, 0) is 47.0 Å². The highest BCUT2D eigenvalue weighted by Crippen LogP contribution is 2.27. The number of H-pyrrole nitrogens is 1. The smallest absolute Gasteiger partial charge is 0.270 e. The van der Waals surface area contributed by atoms with Crippen molar-refractivity contribution in [3.8, 4) is 0 Å². The molecule has 1 aromatic carbocycles. The summed E-state index contributed by atoms with van der Waals surface area (Å²) < 4.78 is 0.952. The molecule has 3 rings (SSSR count). The number of nitrogens with one attached hydrogen (secondary N) is 1. The number of aromatic amines is 1. The molecule has 1 aliphatic heterocycles. The second-order valence-electron chi connectivity index (χ2n) is 5.03. The average molecular weight is 323 g/mol. The van der Waals surface area contributed by atoms with Crippen LogP contribution in [0.15, 0.2) is 22.7 Å². The lowest BCUT2D eigenvalue weighted by atomic mass is 10.1. The van der Waals surface area contributed by atoms with E-state index in [1.807, 2.05) is 25.1 Å². The zero-order valence-corrected chi connectivity index (χ0v) is 12.2. The predicted molar refractivity (Wildman–Crippen MR) is 77.3 cm³/mol. The minimum Gasteiger partial charge on any atom is -0.391 e. The lowest BCUT2D eigenvalue weighted by Gasteiger charge is -2.13. The summed E-state index contributed by atoms with van der Waals surface area (Å²) in [6.45, 7) is 3.07. The Balaban J connectivity index is 1.99. The van der Waals surface area contributed by atoms with Crippen LogP contribution >= 0.6 is 15.9 Å². The lowest BCUT2D eigenvalue weighted by molar-refractivity contribution is 0.0760. The number of carbonyl (C=O) groups excluding carboxylic acids is 1. The van der Waals surface area contributed by atoms with Crippen LogP contribution in [0.25, 0.3) is 10.9 Å². The van der Waals surface area contributed by atoms with Gasteiger partial charge in [-0.25, -0.2) is 0 Å². The first-order chi connectivity index (χ1) is 9.06. The number of aryl methyl sites for hydroxylation is 1. The molecule has 2 N–H and O–H groups in total. The van der Waals surface area contributed by atoms with Crippen molar-refractivity contribution in [2.75, 3.05) is 13.1 Å². The first-order valence-corrected chi connectivity index (χ1v) is 7.10. The van der Waals surface area contributed by atoms with E-state index in [0.717, 1.165) is 20.9 Å². The fraction of sp³-hybridized carbons (Fsp3) is 0.357. The van der Waals surface area contributed by atoms with Crippen LogP contribution in [0.1, 0.15) is 22.5 Å². The number of β-amino-alcohol motifs (C(OH)–C–C–N with tert-alkyl or cyclic N) is 1. The van der Waals surface area contributed by atoms with Gasteiger partial charge in [-0.3, -0.25) is 4.79 Å². The molecule has 1 fully saturated rings. The minimum absolute atomic E-state index is 0.0425. The zero-order valence-electron chi connectivity index (χ0n) is 10.6. The molecular weight excluding hydrogens is 308 g/mol. The number of likely N-dealkylation sites (tertiary alicyclic amines) is 1. The SMILES string of the molecule is Cc1ccc(Br)c2[nH]c(C(=O)N3CC[C@H](O)C3)cc12. The van der Waals surface area contributed by atoms with Crippen LogP contribution in [0.2, 0.25) is 0 Å². The van der Waals surface area contributed by atoms with E-state index in [1.54, 1.807) is 4.90 Å². The molecule has 0 unspecified atom stereocenters. The van der Waals surface area contributed by atoms with E-state index in [4.69, 9.17) is 0 Å². The van der Waals surface area contributed by atoms with E-state index in [1.165, 1.54) is 0 Å². The van der Waals surface area contributed by atoms with Gasteiger partial charge in [0.25, 0.3) is 5.91 Å². The molecule has 1 amide bonds. The van der Waals surface area contributed by atoms with E-state index in [2.05, 4.69) is 20.9 Å². The van der Waals surface area contributed by atoms with Crippen molar-refractivity contribution >= 4 is 32.7 Å². The number of aliphatic hydroxyl groups excluding tert-OH is 1. The summed E-state index contributed by atoms with van der Waals surface area (Å²) in [5, 5.41) is 10.6. The molecule has 2 heterocycles. The van der Waals surface area contributed by atoms with Gasteiger partial charge in [0.2, 0.25) is 0 Å². The summed E-state index contributed by atoms with van der Waals surface area (Å²) in [6.07, 6.45) is 0.274. The molecule has 1 atom stereocenters. The van der Waals surface area contributed by atoms with Crippen LogP contribution in [-0.4, -0.2) is 40.1 Å². The molecule has 1 saturated heterocycles. The van der Waals surface area contributed by atoms with Crippen molar-refractivity contribution < 1.29 is 9.90 Å². The van der Waals surface area contributed by atoms with Gasteiger partial charge < -0.3 is 15.0 Å². The number of rotatable bonds is 1. The minimum atomic E-state index is -0.387. The first kappa shape index (κ1) is 12.7. The van der Waals surface area contributed by atoms with Gasteiger partial charge in [0.05, 0.1) is 11.6 Å². The molecule has 4 nitrogen and oxygen atoms in total. The maximum absolute atomic E-state index is 12.4. The Kier molecular flexibility index (Phi) is 3.11. The molecule has 1 aromatic heterocycles. The largest absolute Gasteiger partial charge is 0.391 e. The Bertz CT molecular complexity index is 611. The number of amides is 1. The molecule has 19 heavy (non-hydrogen) atoms. The van der Waals surface area contributed by atoms with Crippen LogP contribution in [0.4, 0.5) is 0 Å². The van der Waals surface area contributed by atoms with Gasteiger partial charge in [0, 0.05) is 22.9 Å². The number of halogens is 1. The van der Waals surface area contributed by atoms with Crippen LogP contribution in [0.5, 0.6) is 0 Å². The number of fused-ring (bicyclic) bond motifs is 1. The maximum atomic E-state index is 12.4. The van der Waals surface area contributed by atoms with Gasteiger partial charge in [0.1, 0.15) is 5.69 Å². The summed E-state index contributed by atoms with van der Waals surface area (Å²) in [5.41, 5.74) is 2.66. The van der Waals surface area contributed by atoms with E-state index in [0.29, 0.717) is 25.2 Å². The summed E-state index contributed by atoms with van der Waals surface area (Å²) in [4.78, 5) is 17.2. The summed E-state index contributed by atoms with van der Waals surface area (Å²) in [5.74, 6) is -0.0425. The normalized spacial score (nSPS) is 19.3. The third kappa shape index (κ3) is 2.17. The Labute approximate surface area is 119 Å². The zero-order chi connectivity index (χ0) is 13.6. The first-order valence-electron chi connectivity index (χ1n) is 6.31. The van der Waals surface area contributed by atoms with E-state index < -0.39 is 0 Å². The molecule has 0 spiro atoms. The molecule has 0 saturated carbocycles. The Morgan fingerprint density at radius 3 is 2.95 bits per heavy atom. The van der Waals surface area contributed by atoms with Crippen LogP contribution in [0, 0.1) is 6.92 Å². The molecule has 2 aromatic rings. The number of carbonyl (C=O) groups is 1. The highest BCUT2D eigenvalue weighted by atomic mass is 79.9. The number of hydrogen-bond acceptors (Lipinski definition) is 2. The number of aliphatic hydroxyl groups is 1. The van der Waals surface area contributed by atoms with E-state index in [-0.39, 0.29) is 12.0 Å². The molecule has 100 valence electrons.